The first-order chi connectivity index (χ1) is 21.4. The molecule has 0 heterocycles. The second kappa shape index (κ2) is 15.1. The summed E-state index contributed by atoms with van der Waals surface area (Å²) in [5.74, 6) is -29.8. The van der Waals surface area contributed by atoms with Gasteiger partial charge in [0.05, 0.1) is 0 Å². The van der Waals surface area contributed by atoms with E-state index in [1.54, 1.807) is 0 Å². The second-order valence-electron chi connectivity index (χ2n) is 10.7. The molecule has 5 rings (SSSR count). The van der Waals surface area contributed by atoms with Gasteiger partial charge < -0.3 is 19.2 Å². The molecule has 1 N–H and O–H groups in total. The quantitative estimate of drug-likeness (QED) is 0.120. The summed E-state index contributed by atoms with van der Waals surface area (Å²) in [5.41, 5.74) is 1.47. The lowest BCUT2D eigenvalue weighted by atomic mass is 9.88. The fourth-order valence-corrected chi connectivity index (χ4v) is 5.64. The van der Waals surface area contributed by atoms with Gasteiger partial charge in [0.25, 0.3) is 0 Å². The Hall–Kier alpha value is -3.62. The maximum Gasteiger partial charge on any atom is 0.785 e. The van der Waals surface area contributed by atoms with Crippen LogP contribution < -0.4 is 14.2 Å². The molecule has 2 aliphatic rings. The molecule has 0 spiro atoms. The van der Waals surface area contributed by atoms with Crippen LogP contribution in [-0.4, -0.2) is 24.4 Å². The van der Waals surface area contributed by atoms with Crippen molar-refractivity contribution in [1.82, 2.24) is 0 Å². The molecule has 244 valence electrons. The highest BCUT2D eigenvalue weighted by atomic mass is 19.2. The van der Waals surface area contributed by atoms with Crippen molar-refractivity contribution in [3.8, 4) is 11.5 Å². The van der Waals surface area contributed by atoms with Crippen LogP contribution in [0.5, 0.6) is 11.5 Å². The van der Waals surface area contributed by atoms with Crippen LogP contribution in [0.4, 0.5) is 49.6 Å². The number of nitrogens with zero attached hydrogens (tertiary/aromatic N) is 1. The molecule has 0 aliphatic heterocycles. The molecule has 0 radical (unpaired) electrons. The van der Waals surface area contributed by atoms with Crippen LogP contribution in [0.15, 0.2) is 30.3 Å². The van der Waals surface area contributed by atoms with Gasteiger partial charge in [-0.3, -0.25) is 0 Å². The minimum Gasteiger partial charge on any atom is -0.496 e. The predicted octanol–water partition coefficient (Wildman–Crippen LogP) is 8.67. The summed E-state index contributed by atoms with van der Waals surface area (Å²) in [4.78, 5) is 2.80. The summed E-state index contributed by atoms with van der Waals surface area (Å²) in [6, 6.07) is 12.8. The fraction of sp³-hybridized carbons (Fsp3) is 0.400. The van der Waals surface area contributed by atoms with Gasteiger partial charge in [-0.05, 0) is 37.8 Å². The smallest absolute Gasteiger partial charge is 0.496 e. The summed E-state index contributed by atoms with van der Waals surface area (Å²) in [6.07, 6.45) is 14.3. The highest BCUT2D eigenvalue weighted by Crippen LogP contribution is 2.35. The van der Waals surface area contributed by atoms with Crippen LogP contribution in [0.1, 0.15) is 64.2 Å². The van der Waals surface area contributed by atoms with Gasteiger partial charge in [0.2, 0.25) is 58.2 Å². The average molecular weight is 651 g/mol. The molecule has 0 amide bonds. The van der Waals surface area contributed by atoms with Gasteiger partial charge in [-0.15, -0.1) is 0 Å². The summed E-state index contributed by atoms with van der Waals surface area (Å²) >= 11 is 0. The van der Waals surface area contributed by atoms with E-state index in [0.717, 1.165) is 12.1 Å². The number of hydrogen-bond acceptors (Lipinski definition) is 4. The lowest BCUT2D eigenvalue weighted by Crippen LogP contribution is -2.45. The maximum absolute atomic E-state index is 13.3. The van der Waals surface area contributed by atoms with Gasteiger partial charge in [-0.25, -0.2) is 26.3 Å². The Balaban J connectivity index is 0.000000214. The third-order valence-electron chi connectivity index (χ3n) is 7.77. The molecule has 3 aromatic rings. The lowest BCUT2D eigenvalue weighted by Gasteiger charge is -2.43. The Bertz CT molecular complexity index is 1320. The van der Waals surface area contributed by atoms with Gasteiger partial charge in [0.15, 0.2) is 11.5 Å². The zero-order valence-electron chi connectivity index (χ0n) is 23.7. The van der Waals surface area contributed by atoms with Crippen molar-refractivity contribution in [1.29, 1.82) is 0 Å². The van der Waals surface area contributed by atoms with E-state index in [1.165, 1.54) is 69.9 Å². The molecule has 45 heavy (non-hydrogen) atoms. The van der Waals surface area contributed by atoms with E-state index in [0.29, 0.717) is 0 Å². The van der Waals surface area contributed by atoms with E-state index in [1.807, 2.05) is 0 Å². The van der Waals surface area contributed by atoms with Gasteiger partial charge in [0, 0.05) is 17.8 Å². The summed E-state index contributed by atoms with van der Waals surface area (Å²) in [7, 11) is -3.23. The molecule has 0 unspecified atom stereocenters. The fourth-order valence-electron chi connectivity index (χ4n) is 5.64. The molecule has 0 atom stereocenters. The highest BCUT2D eigenvalue weighted by Gasteiger charge is 2.36. The predicted molar refractivity (Wildman–Crippen MR) is 144 cm³/mol. The molecule has 3 aromatic carbocycles. The van der Waals surface area contributed by atoms with E-state index in [9.17, 15) is 43.9 Å². The first kappa shape index (κ1) is 34.3. The van der Waals surface area contributed by atoms with E-state index < -0.39 is 77.0 Å². The zero-order chi connectivity index (χ0) is 32.8. The first-order valence-corrected chi connectivity index (χ1v) is 14.3. The number of anilines is 1. The molecule has 2 aliphatic carbocycles. The van der Waals surface area contributed by atoms with Crippen molar-refractivity contribution in [2.45, 2.75) is 76.3 Å². The Morgan fingerprint density at radius 1 is 0.489 bits per heavy atom. The number of halogens is 10. The highest BCUT2D eigenvalue weighted by molar-refractivity contribution is 6.36. The number of rotatable bonds is 7. The normalized spacial score (nSPS) is 15.7. The van der Waals surface area contributed by atoms with Gasteiger partial charge >= 0.3 is 7.32 Å². The van der Waals surface area contributed by atoms with Crippen molar-refractivity contribution < 1.29 is 58.2 Å². The van der Waals surface area contributed by atoms with Gasteiger partial charge in [-0.1, -0.05) is 56.7 Å². The van der Waals surface area contributed by atoms with Crippen molar-refractivity contribution in [2.75, 3.05) is 4.90 Å². The lowest BCUT2D eigenvalue weighted by molar-refractivity contribution is 0.253. The number of hydrogen-bond donors (Lipinski definition) is 1. The monoisotopic (exact) mass is 651 g/mol. The summed E-state index contributed by atoms with van der Waals surface area (Å²) in [5, 5.41) is 9.17. The topological polar surface area (TPSA) is 41.9 Å². The van der Waals surface area contributed by atoms with Crippen LogP contribution in [0.3, 0.4) is 0 Å². The molecule has 0 bridgehead atoms. The van der Waals surface area contributed by atoms with E-state index in [2.05, 4.69) is 44.5 Å². The SMILES string of the molecule is OB(Oc1c(F)c(F)c(F)c(F)c1F)Oc1c(F)c(F)c(F)c(F)c1F.c1ccc(N(C2CCCCC2)C2CCCCC2)cc1. The Morgan fingerprint density at radius 3 is 1.13 bits per heavy atom. The molecule has 0 aromatic heterocycles. The number of para-hydroxylation sites is 1. The molecule has 4 nitrogen and oxygen atoms in total. The Labute approximate surface area is 252 Å². The second-order valence-corrected chi connectivity index (χ2v) is 10.7. The summed E-state index contributed by atoms with van der Waals surface area (Å²) < 4.78 is 138. The third-order valence-corrected chi connectivity index (χ3v) is 7.77. The van der Waals surface area contributed by atoms with Crippen molar-refractivity contribution in [3.05, 3.63) is 88.5 Å². The Morgan fingerprint density at radius 2 is 0.800 bits per heavy atom. The van der Waals surface area contributed by atoms with Crippen LogP contribution >= 0.6 is 0 Å². The standard InChI is InChI=1S/C18H27N.C12HBF10O3/c1-4-10-16(11-5-1)19(17-12-6-2-7-13-17)18-14-8-3-9-15-18;14-1-3(16)7(20)11(8(21)4(1)17)25-13(24)26-12-9(22)5(18)2(15)6(19)10(12)23/h1,4-5,10-11,17-18H,2-3,6-9,12-15H2;24H. The average Bonchev–Trinajstić information content (AvgIpc) is 3.07. The number of benzene rings is 3. The van der Waals surface area contributed by atoms with Crippen molar-refractivity contribution in [3.63, 3.8) is 0 Å². The van der Waals surface area contributed by atoms with Crippen LogP contribution in [-0.2, 0) is 0 Å². The van der Waals surface area contributed by atoms with E-state index >= 15 is 0 Å². The minimum atomic E-state index is -3.23. The Kier molecular flexibility index (Phi) is 11.5. The zero-order valence-corrected chi connectivity index (χ0v) is 23.7. The van der Waals surface area contributed by atoms with E-state index in [-0.39, 0.29) is 0 Å². The maximum atomic E-state index is 13.3. The van der Waals surface area contributed by atoms with Crippen LogP contribution in [0.2, 0.25) is 0 Å². The molecular formula is C30H28BF10NO3. The molecule has 2 saturated carbocycles. The molecule has 2 fully saturated rings. The van der Waals surface area contributed by atoms with Crippen molar-refractivity contribution in [2.24, 2.45) is 0 Å². The van der Waals surface area contributed by atoms with Gasteiger partial charge in [-0.2, -0.15) is 17.6 Å². The van der Waals surface area contributed by atoms with Crippen molar-refractivity contribution >= 4 is 13.0 Å². The molecule has 0 saturated heterocycles. The van der Waals surface area contributed by atoms with Gasteiger partial charge in [0.1, 0.15) is 0 Å². The van der Waals surface area contributed by atoms with Crippen LogP contribution in [0, 0.1) is 58.2 Å². The first-order valence-electron chi connectivity index (χ1n) is 14.3. The third kappa shape index (κ3) is 7.62. The summed E-state index contributed by atoms with van der Waals surface area (Å²) in [6.45, 7) is 0. The molecule has 15 heteroatoms. The van der Waals surface area contributed by atoms with Crippen LogP contribution in [0.25, 0.3) is 0 Å². The minimum absolute atomic E-state index is 0.805. The largest absolute Gasteiger partial charge is 0.785 e. The van der Waals surface area contributed by atoms with E-state index in [4.69, 9.17) is 5.02 Å². The molecular weight excluding hydrogens is 623 g/mol.